The molecule has 0 aliphatic carbocycles. The van der Waals surface area contributed by atoms with E-state index in [-0.39, 0.29) is 0 Å². The summed E-state index contributed by atoms with van der Waals surface area (Å²) in [6.45, 7) is 1.02. The minimum atomic E-state index is 0.388. The number of piperidine rings is 1. The lowest BCUT2D eigenvalue weighted by atomic mass is 10.0. The molecular weight excluding hydrogens is 224 g/mol. The van der Waals surface area contributed by atoms with Crippen LogP contribution >= 0.6 is 11.6 Å². The van der Waals surface area contributed by atoms with Gasteiger partial charge in [0.2, 0.25) is 0 Å². The average Bonchev–Trinajstić information content (AvgIpc) is 2.38. The number of pyridine rings is 1. The number of hydrogen-bond donors (Lipinski definition) is 0. The van der Waals surface area contributed by atoms with Gasteiger partial charge in [0.05, 0.1) is 7.11 Å². The van der Waals surface area contributed by atoms with E-state index in [1.54, 1.807) is 13.3 Å². The van der Waals surface area contributed by atoms with Crippen molar-refractivity contribution in [2.75, 3.05) is 24.4 Å². The molecule has 0 bridgehead atoms. The van der Waals surface area contributed by atoms with Crippen molar-refractivity contribution in [2.24, 2.45) is 0 Å². The molecule has 1 aromatic heterocycles. The largest absolute Gasteiger partial charge is 0.493 e. The summed E-state index contributed by atoms with van der Waals surface area (Å²) in [4.78, 5) is 6.69. The summed E-state index contributed by atoms with van der Waals surface area (Å²) in [7, 11) is 1.68. The van der Waals surface area contributed by atoms with E-state index in [2.05, 4.69) is 9.88 Å². The molecule has 1 aliphatic heterocycles. The van der Waals surface area contributed by atoms with Gasteiger partial charge in [0.25, 0.3) is 0 Å². The Labute approximate surface area is 101 Å². The molecule has 16 heavy (non-hydrogen) atoms. The van der Waals surface area contributed by atoms with Gasteiger partial charge in [0.1, 0.15) is 0 Å². The number of ether oxygens (including phenoxy) is 1. The van der Waals surface area contributed by atoms with E-state index in [0.717, 1.165) is 24.5 Å². The summed E-state index contributed by atoms with van der Waals surface area (Å²) in [5.41, 5.74) is 0. The molecular formula is C12H17ClN2O. The Morgan fingerprint density at radius 1 is 1.56 bits per heavy atom. The molecule has 0 spiro atoms. The molecule has 88 valence electrons. The summed E-state index contributed by atoms with van der Waals surface area (Å²) >= 11 is 6.01. The van der Waals surface area contributed by atoms with Gasteiger partial charge in [-0.25, -0.2) is 4.98 Å². The minimum absolute atomic E-state index is 0.388. The topological polar surface area (TPSA) is 25.4 Å². The van der Waals surface area contributed by atoms with Crippen molar-refractivity contribution < 1.29 is 4.74 Å². The quantitative estimate of drug-likeness (QED) is 0.760. The van der Waals surface area contributed by atoms with Gasteiger partial charge < -0.3 is 9.64 Å². The number of aromatic nitrogens is 1. The van der Waals surface area contributed by atoms with Crippen LogP contribution in [0.4, 0.5) is 5.82 Å². The molecule has 0 radical (unpaired) electrons. The Morgan fingerprint density at radius 3 is 3.19 bits per heavy atom. The first-order chi connectivity index (χ1) is 7.86. The van der Waals surface area contributed by atoms with Crippen LogP contribution < -0.4 is 9.64 Å². The Kier molecular flexibility index (Phi) is 3.88. The predicted octanol–water partition coefficient (Wildman–Crippen LogP) is 2.69. The van der Waals surface area contributed by atoms with Gasteiger partial charge in [0, 0.05) is 24.7 Å². The number of rotatable bonds is 3. The second kappa shape index (κ2) is 5.39. The Morgan fingerprint density at radius 2 is 2.44 bits per heavy atom. The second-order valence-electron chi connectivity index (χ2n) is 4.03. The van der Waals surface area contributed by atoms with Crippen LogP contribution in [0.25, 0.3) is 0 Å². The average molecular weight is 241 g/mol. The van der Waals surface area contributed by atoms with Gasteiger partial charge in [-0.1, -0.05) is 0 Å². The molecule has 1 unspecified atom stereocenters. The lowest BCUT2D eigenvalue weighted by Crippen LogP contribution is -2.41. The highest BCUT2D eigenvalue weighted by Gasteiger charge is 2.24. The molecule has 0 saturated carbocycles. The van der Waals surface area contributed by atoms with Crippen molar-refractivity contribution in [3.63, 3.8) is 0 Å². The van der Waals surface area contributed by atoms with Gasteiger partial charge in [0.15, 0.2) is 11.6 Å². The van der Waals surface area contributed by atoms with Gasteiger partial charge in [-0.2, -0.15) is 0 Å². The number of methoxy groups -OCH3 is 1. The monoisotopic (exact) mass is 240 g/mol. The maximum atomic E-state index is 6.01. The van der Waals surface area contributed by atoms with Gasteiger partial charge in [-0.3, -0.25) is 0 Å². The second-order valence-corrected chi connectivity index (χ2v) is 4.34. The van der Waals surface area contributed by atoms with Crippen molar-refractivity contribution in [3.05, 3.63) is 18.3 Å². The molecule has 4 heteroatoms. The zero-order chi connectivity index (χ0) is 11.4. The highest BCUT2D eigenvalue weighted by atomic mass is 35.5. The maximum Gasteiger partial charge on any atom is 0.171 e. The summed E-state index contributed by atoms with van der Waals surface area (Å²) in [5, 5.41) is 0. The molecule has 0 aromatic carbocycles. The molecule has 3 nitrogen and oxygen atoms in total. The predicted molar refractivity (Wildman–Crippen MR) is 66.5 cm³/mol. The fraction of sp³-hybridized carbons (Fsp3) is 0.583. The van der Waals surface area contributed by atoms with Crippen molar-refractivity contribution in [1.29, 1.82) is 0 Å². The van der Waals surface area contributed by atoms with Crippen LogP contribution in [0.2, 0.25) is 0 Å². The molecule has 2 heterocycles. The van der Waals surface area contributed by atoms with E-state index in [4.69, 9.17) is 16.3 Å². The van der Waals surface area contributed by atoms with Crippen LogP contribution in [-0.2, 0) is 0 Å². The number of hydrogen-bond acceptors (Lipinski definition) is 3. The fourth-order valence-electron chi connectivity index (χ4n) is 2.20. The number of halogens is 1. The normalized spacial score (nSPS) is 20.9. The third kappa shape index (κ3) is 2.24. The highest BCUT2D eigenvalue weighted by Crippen LogP contribution is 2.30. The molecule has 1 aromatic rings. The molecule has 2 rings (SSSR count). The zero-order valence-corrected chi connectivity index (χ0v) is 10.3. The van der Waals surface area contributed by atoms with Crippen LogP contribution in [0.5, 0.6) is 5.75 Å². The summed E-state index contributed by atoms with van der Waals surface area (Å²) in [6.07, 6.45) is 5.40. The van der Waals surface area contributed by atoms with Gasteiger partial charge in [-0.05, 0) is 31.4 Å². The summed E-state index contributed by atoms with van der Waals surface area (Å²) in [6, 6.07) is 4.23. The van der Waals surface area contributed by atoms with Crippen LogP contribution in [-0.4, -0.2) is 30.6 Å². The van der Waals surface area contributed by atoms with Crippen LogP contribution in [0, 0.1) is 0 Å². The van der Waals surface area contributed by atoms with Crippen LogP contribution in [0.3, 0.4) is 0 Å². The van der Waals surface area contributed by atoms with Gasteiger partial charge >= 0.3 is 0 Å². The summed E-state index contributed by atoms with van der Waals surface area (Å²) in [5.74, 6) is 2.41. The maximum absolute atomic E-state index is 6.01. The third-order valence-electron chi connectivity index (χ3n) is 3.05. The lowest BCUT2D eigenvalue weighted by molar-refractivity contribution is 0.405. The molecule has 1 fully saturated rings. The molecule has 1 aliphatic rings. The highest BCUT2D eigenvalue weighted by molar-refractivity contribution is 6.18. The number of alkyl halides is 1. The zero-order valence-electron chi connectivity index (χ0n) is 9.53. The first kappa shape index (κ1) is 11.5. The Balaban J connectivity index is 2.26. The fourth-order valence-corrected chi connectivity index (χ4v) is 2.52. The van der Waals surface area contributed by atoms with Crippen molar-refractivity contribution in [3.8, 4) is 5.75 Å². The SMILES string of the molecule is COc1cccnc1N1CCCCC1CCl. The minimum Gasteiger partial charge on any atom is -0.493 e. The Bertz CT molecular complexity index is 346. The number of anilines is 1. The summed E-state index contributed by atoms with van der Waals surface area (Å²) < 4.78 is 5.34. The first-order valence-corrected chi connectivity index (χ1v) is 6.22. The van der Waals surface area contributed by atoms with Crippen molar-refractivity contribution in [1.82, 2.24) is 4.98 Å². The van der Waals surface area contributed by atoms with Gasteiger partial charge in [-0.15, -0.1) is 11.6 Å². The standard InChI is InChI=1S/C12H17ClN2O/c1-16-11-6-4-7-14-12(11)15-8-3-2-5-10(15)9-13/h4,6-7,10H,2-3,5,8-9H2,1H3. The van der Waals surface area contributed by atoms with Crippen molar-refractivity contribution in [2.45, 2.75) is 25.3 Å². The van der Waals surface area contributed by atoms with E-state index in [0.29, 0.717) is 11.9 Å². The smallest absolute Gasteiger partial charge is 0.171 e. The first-order valence-electron chi connectivity index (χ1n) is 5.68. The van der Waals surface area contributed by atoms with E-state index in [1.165, 1.54) is 12.8 Å². The lowest BCUT2D eigenvalue weighted by Gasteiger charge is -2.36. The van der Waals surface area contributed by atoms with Crippen molar-refractivity contribution >= 4 is 17.4 Å². The van der Waals surface area contributed by atoms with E-state index < -0.39 is 0 Å². The van der Waals surface area contributed by atoms with Crippen LogP contribution in [0.15, 0.2) is 18.3 Å². The Hall–Kier alpha value is -0.960. The number of nitrogens with zero attached hydrogens (tertiary/aromatic N) is 2. The van der Waals surface area contributed by atoms with Crippen LogP contribution in [0.1, 0.15) is 19.3 Å². The molecule has 0 amide bonds. The molecule has 1 atom stereocenters. The molecule has 1 saturated heterocycles. The third-order valence-corrected chi connectivity index (χ3v) is 3.40. The van der Waals surface area contributed by atoms with E-state index >= 15 is 0 Å². The van der Waals surface area contributed by atoms with E-state index in [1.807, 2.05) is 12.1 Å². The van der Waals surface area contributed by atoms with E-state index in [9.17, 15) is 0 Å². The molecule has 0 N–H and O–H groups in total.